The highest BCUT2D eigenvalue weighted by Crippen LogP contribution is 2.25. The Morgan fingerprint density at radius 2 is 1.77 bits per heavy atom. The molecular formula is C17H19Cl2N3. The third-order valence-corrected chi connectivity index (χ3v) is 3.91. The molecule has 1 heterocycles. The summed E-state index contributed by atoms with van der Waals surface area (Å²) in [5, 5.41) is 3.82. The normalized spacial score (nSPS) is 10.5. The first-order chi connectivity index (χ1) is 10.6. The Balaban J connectivity index is 2.11. The monoisotopic (exact) mass is 335 g/mol. The first-order valence-corrected chi connectivity index (χ1v) is 8.08. The van der Waals surface area contributed by atoms with Crippen LogP contribution in [0.4, 0.5) is 11.6 Å². The zero-order chi connectivity index (χ0) is 15.9. The van der Waals surface area contributed by atoms with Crippen LogP contribution in [0.25, 0.3) is 0 Å². The van der Waals surface area contributed by atoms with Crippen molar-refractivity contribution in [2.45, 2.75) is 32.6 Å². The largest absolute Gasteiger partial charge is 0.324 e. The number of rotatable bonds is 7. The van der Waals surface area contributed by atoms with E-state index in [2.05, 4.69) is 40.9 Å². The summed E-state index contributed by atoms with van der Waals surface area (Å²) < 4.78 is 0. The van der Waals surface area contributed by atoms with Gasteiger partial charge in [0.15, 0.2) is 0 Å². The molecule has 116 valence electrons. The highest BCUT2D eigenvalue weighted by atomic mass is 35.5. The maximum absolute atomic E-state index is 6.14. The lowest BCUT2D eigenvalue weighted by molar-refractivity contribution is 0.795. The molecule has 0 radical (unpaired) electrons. The molecule has 0 amide bonds. The van der Waals surface area contributed by atoms with E-state index in [4.69, 9.17) is 23.2 Å². The minimum absolute atomic E-state index is 0.349. The van der Waals surface area contributed by atoms with Gasteiger partial charge in [-0.2, -0.15) is 0 Å². The van der Waals surface area contributed by atoms with E-state index in [0.717, 1.165) is 12.1 Å². The average Bonchev–Trinajstić information content (AvgIpc) is 2.50. The number of anilines is 2. The van der Waals surface area contributed by atoms with Crippen LogP contribution in [0.3, 0.4) is 0 Å². The molecule has 0 bridgehead atoms. The van der Waals surface area contributed by atoms with Crippen LogP contribution < -0.4 is 5.32 Å². The summed E-state index contributed by atoms with van der Waals surface area (Å²) in [5.74, 6) is 0.393. The first kappa shape index (κ1) is 16.8. The Labute approximate surface area is 141 Å². The number of allylic oxidation sites excluding steroid dienone is 1. The van der Waals surface area contributed by atoms with E-state index >= 15 is 0 Å². The minimum atomic E-state index is 0.349. The molecule has 0 unspecified atom stereocenters. The molecule has 0 fully saturated rings. The number of hydrogen-bond acceptors (Lipinski definition) is 3. The molecule has 1 aromatic heterocycles. The lowest BCUT2D eigenvalue weighted by Crippen LogP contribution is -2.01. The number of halogens is 2. The number of aromatic nitrogens is 2. The molecule has 3 nitrogen and oxygen atoms in total. The van der Waals surface area contributed by atoms with Gasteiger partial charge in [0, 0.05) is 11.3 Å². The summed E-state index contributed by atoms with van der Waals surface area (Å²) in [7, 11) is 0. The Bertz CT molecular complexity index is 616. The third-order valence-electron chi connectivity index (χ3n) is 3.28. The topological polar surface area (TPSA) is 37.8 Å². The van der Waals surface area contributed by atoms with Crippen molar-refractivity contribution in [2.75, 3.05) is 5.32 Å². The zero-order valence-corrected chi connectivity index (χ0v) is 14.1. The SMILES string of the molecule is C=CCc1c(Cl)nc(Nc2ccc(CCCC)cc2)nc1Cl. The van der Waals surface area contributed by atoms with Gasteiger partial charge in [0.05, 0.1) is 0 Å². The van der Waals surface area contributed by atoms with E-state index in [9.17, 15) is 0 Å². The molecule has 5 heteroatoms. The highest BCUT2D eigenvalue weighted by molar-refractivity contribution is 6.34. The van der Waals surface area contributed by atoms with Crippen molar-refractivity contribution in [1.29, 1.82) is 0 Å². The molecule has 1 aromatic carbocycles. The second-order valence-corrected chi connectivity index (χ2v) is 5.74. The summed E-state index contributed by atoms with van der Waals surface area (Å²) in [6, 6.07) is 8.22. The molecule has 22 heavy (non-hydrogen) atoms. The van der Waals surface area contributed by atoms with Gasteiger partial charge >= 0.3 is 0 Å². The fraction of sp³-hybridized carbons (Fsp3) is 0.294. The summed E-state index contributed by atoms with van der Waals surface area (Å²) in [5.41, 5.74) is 2.92. The molecular weight excluding hydrogens is 317 g/mol. The quantitative estimate of drug-likeness (QED) is 0.528. The van der Waals surface area contributed by atoms with E-state index in [0.29, 0.717) is 28.2 Å². The molecule has 1 N–H and O–H groups in total. The van der Waals surface area contributed by atoms with Gasteiger partial charge in [0.25, 0.3) is 0 Å². The van der Waals surface area contributed by atoms with Crippen molar-refractivity contribution in [3.8, 4) is 0 Å². The first-order valence-electron chi connectivity index (χ1n) is 7.32. The van der Waals surface area contributed by atoms with Crippen molar-refractivity contribution in [3.05, 3.63) is 58.4 Å². The van der Waals surface area contributed by atoms with Crippen molar-refractivity contribution >= 4 is 34.8 Å². The standard InChI is InChI=1S/C17H19Cl2N3/c1-3-5-7-12-8-10-13(11-9-12)20-17-21-15(18)14(6-4-2)16(19)22-17/h4,8-11H,2-3,5-7H2,1H3,(H,20,21,22). The van der Waals surface area contributed by atoms with Crippen molar-refractivity contribution < 1.29 is 0 Å². The third kappa shape index (κ3) is 4.46. The zero-order valence-electron chi connectivity index (χ0n) is 12.6. The lowest BCUT2D eigenvalue weighted by atomic mass is 10.1. The summed E-state index contributed by atoms with van der Waals surface area (Å²) in [4.78, 5) is 8.46. The summed E-state index contributed by atoms with van der Waals surface area (Å²) in [6.45, 7) is 5.86. The minimum Gasteiger partial charge on any atom is -0.324 e. The fourth-order valence-electron chi connectivity index (χ4n) is 2.06. The van der Waals surface area contributed by atoms with Crippen molar-refractivity contribution in [1.82, 2.24) is 9.97 Å². The molecule has 0 saturated carbocycles. The van der Waals surface area contributed by atoms with Gasteiger partial charge in [-0.25, -0.2) is 9.97 Å². The van der Waals surface area contributed by atoms with Gasteiger partial charge in [-0.05, 0) is 37.0 Å². The molecule has 0 spiro atoms. The van der Waals surface area contributed by atoms with E-state index in [1.807, 2.05) is 12.1 Å². The van der Waals surface area contributed by atoms with Crippen LogP contribution in [0, 0.1) is 0 Å². The molecule has 0 saturated heterocycles. The number of unbranched alkanes of at least 4 members (excludes halogenated alkanes) is 1. The summed E-state index contributed by atoms with van der Waals surface area (Å²) in [6.07, 6.45) is 5.76. The predicted octanol–water partition coefficient (Wildman–Crippen LogP) is 5.60. The van der Waals surface area contributed by atoms with Gasteiger partial charge in [0.1, 0.15) is 10.3 Å². The maximum atomic E-state index is 6.14. The second kappa shape index (κ2) is 8.16. The fourth-order valence-corrected chi connectivity index (χ4v) is 2.61. The van der Waals surface area contributed by atoms with Crippen LogP contribution >= 0.6 is 23.2 Å². The van der Waals surface area contributed by atoms with E-state index in [-0.39, 0.29) is 0 Å². The molecule has 2 rings (SSSR count). The van der Waals surface area contributed by atoms with Crippen LogP contribution in [0.15, 0.2) is 36.9 Å². The number of nitrogens with one attached hydrogen (secondary N) is 1. The van der Waals surface area contributed by atoms with Crippen LogP contribution in [-0.2, 0) is 12.8 Å². The average molecular weight is 336 g/mol. The smallest absolute Gasteiger partial charge is 0.230 e. The van der Waals surface area contributed by atoms with Crippen LogP contribution in [0.1, 0.15) is 30.9 Å². The van der Waals surface area contributed by atoms with Crippen LogP contribution in [-0.4, -0.2) is 9.97 Å². The van der Waals surface area contributed by atoms with Crippen LogP contribution in [0.5, 0.6) is 0 Å². The van der Waals surface area contributed by atoms with Gasteiger partial charge in [-0.3, -0.25) is 0 Å². The summed E-state index contributed by atoms with van der Waals surface area (Å²) >= 11 is 12.3. The molecule has 0 aliphatic heterocycles. The van der Waals surface area contributed by atoms with Gasteiger partial charge in [-0.1, -0.05) is 54.8 Å². The molecule has 0 aliphatic carbocycles. The number of aryl methyl sites for hydroxylation is 1. The van der Waals surface area contributed by atoms with Crippen molar-refractivity contribution in [2.24, 2.45) is 0 Å². The number of nitrogens with zero attached hydrogens (tertiary/aromatic N) is 2. The number of hydrogen-bond donors (Lipinski definition) is 1. The predicted molar refractivity (Wildman–Crippen MR) is 94.3 cm³/mol. The van der Waals surface area contributed by atoms with Gasteiger partial charge in [0.2, 0.25) is 5.95 Å². The number of benzene rings is 1. The van der Waals surface area contributed by atoms with Crippen LogP contribution in [0.2, 0.25) is 10.3 Å². The van der Waals surface area contributed by atoms with E-state index < -0.39 is 0 Å². The molecule has 0 atom stereocenters. The Morgan fingerprint density at radius 3 is 2.32 bits per heavy atom. The second-order valence-electron chi connectivity index (χ2n) is 5.03. The maximum Gasteiger partial charge on any atom is 0.230 e. The lowest BCUT2D eigenvalue weighted by Gasteiger charge is -2.09. The van der Waals surface area contributed by atoms with E-state index in [1.165, 1.54) is 18.4 Å². The molecule has 2 aromatic rings. The van der Waals surface area contributed by atoms with E-state index in [1.54, 1.807) is 6.08 Å². The molecule has 0 aliphatic rings. The Morgan fingerprint density at radius 1 is 1.14 bits per heavy atom. The Hall–Kier alpha value is -1.58. The Kier molecular flexibility index (Phi) is 6.22. The highest BCUT2D eigenvalue weighted by Gasteiger charge is 2.10. The van der Waals surface area contributed by atoms with Gasteiger partial charge < -0.3 is 5.32 Å². The van der Waals surface area contributed by atoms with Gasteiger partial charge in [-0.15, -0.1) is 6.58 Å². The van der Waals surface area contributed by atoms with Crippen molar-refractivity contribution in [3.63, 3.8) is 0 Å².